The summed E-state index contributed by atoms with van der Waals surface area (Å²) < 4.78 is 0. The molecule has 0 spiro atoms. The van der Waals surface area contributed by atoms with E-state index in [0.717, 1.165) is 18.5 Å². The van der Waals surface area contributed by atoms with Crippen molar-refractivity contribution in [2.45, 2.75) is 26.7 Å². The lowest BCUT2D eigenvalue weighted by Crippen LogP contribution is -2.19. The van der Waals surface area contributed by atoms with Gasteiger partial charge < -0.3 is 5.73 Å². The first-order valence-electron chi connectivity index (χ1n) is 5.04. The molecule has 0 aromatic carbocycles. The Morgan fingerprint density at radius 2 is 2.46 bits per heavy atom. The van der Waals surface area contributed by atoms with Crippen LogP contribution < -0.4 is 5.73 Å². The SMILES string of the molecule is CCC=CC(C)C1CC=CC=C1N. The molecule has 0 saturated heterocycles. The second kappa shape index (κ2) is 4.90. The van der Waals surface area contributed by atoms with Crippen LogP contribution in [0.15, 0.2) is 36.1 Å². The summed E-state index contributed by atoms with van der Waals surface area (Å²) >= 11 is 0. The summed E-state index contributed by atoms with van der Waals surface area (Å²) in [4.78, 5) is 0. The van der Waals surface area contributed by atoms with E-state index in [-0.39, 0.29) is 0 Å². The number of rotatable bonds is 3. The summed E-state index contributed by atoms with van der Waals surface area (Å²) in [5.74, 6) is 1.06. The van der Waals surface area contributed by atoms with Crippen LogP contribution in [0.2, 0.25) is 0 Å². The lowest BCUT2D eigenvalue weighted by atomic mass is 9.85. The molecule has 13 heavy (non-hydrogen) atoms. The van der Waals surface area contributed by atoms with Crippen LogP contribution in [0.4, 0.5) is 0 Å². The molecule has 0 aliphatic heterocycles. The zero-order chi connectivity index (χ0) is 9.68. The molecule has 1 heteroatoms. The van der Waals surface area contributed by atoms with Gasteiger partial charge in [-0.15, -0.1) is 0 Å². The highest BCUT2D eigenvalue weighted by Crippen LogP contribution is 2.25. The van der Waals surface area contributed by atoms with E-state index < -0.39 is 0 Å². The van der Waals surface area contributed by atoms with Gasteiger partial charge >= 0.3 is 0 Å². The van der Waals surface area contributed by atoms with E-state index in [1.54, 1.807) is 0 Å². The molecule has 1 aliphatic rings. The van der Waals surface area contributed by atoms with Gasteiger partial charge in [-0.3, -0.25) is 0 Å². The molecule has 1 nitrogen and oxygen atoms in total. The fourth-order valence-corrected chi connectivity index (χ4v) is 1.67. The largest absolute Gasteiger partial charge is 0.402 e. The fraction of sp³-hybridized carbons (Fsp3) is 0.500. The Morgan fingerprint density at radius 1 is 1.69 bits per heavy atom. The molecule has 2 unspecified atom stereocenters. The van der Waals surface area contributed by atoms with E-state index in [2.05, 4.69) is 32.1 Å². The monoisotopic (exact) mass is 177 g/mol. The molecule has 1 rings (SSSR count). The summed E-state index contributed by atoms with van der Waals surface area (Å²) in [6.07, 6.45) is 12.9. The molecular formula is C12H19N. The van der Waals surface area contributed by atoms with Gasteiger partial charge in [-0.2, -0.15) is 0 Å². The van der Waals surface area contributed by atoms with Gasteiger partial charge in [0.15, 0.2) is 0 Å². The zero-order valence-corrected chi connectivity index (χ0v) is 8.53. The second-order valence-corrected chi connectivity index (χ2v) is 3.63. The summed E-state index contributed by atoms with van der Waals surface area (Å²) in [6.45, 7) is 4.39. The summed E-state index contributed by atoms with van der Waals surface area (Å²) in [7, 11) is 0. The third-order valence-electron chi connectivity index (χ3n) is 2.55. The topological polar surface area (TPSA) is 26.0 Å². The molecule has 0 fully saturated rings. The van der Waals surface area contributed by atoms with Gasteiger partial charge in [0, 0.05) is 11.6 Å². The highest BCUT2D eigenvalue weighted by molar-refractivity contribution is 5.20. The van der Waals surface area contributed by atoms with Crippen LogP contribution in [0.25, 0.3) is 0 Å². The maximum atomic E-state index is 5.93. The molecule has 0 saturated carbocycles. The highest BCUT2D eigenvalue weighted by atomic mass is 14.6. The molecule has 0 aromatic rings. The summed E-state index contributed by atoms with van der Waals surface area (Å²) in [6, 6.07) is 0. The normalized spacial score (nSPS) is 24.8. The Bertz CT molecular complexity index is 236. The first-order chi connectivity index (χ1) is 6.25. The average Bonchev–Trinajstić information content (AvgIpc) is 2.15. The summed E-state index contributed by atoms with van der Waals surface area (Å²) in [5.41, 5.74) is 6.95. The van der Waals surface area contributed by atoms with Gasteiger partial charge in [0.25, 0.3) is 0 Å². The minimum atomic E-state index is 0.507. The van der Waals surface area contributed by atoms with Crippen LogP contribution in [0.5, 0.6) is 0 Å². The van der Waals surface area contributed by atoms with Gasteiger partial charge in [-0.1, -0.05) is 38.2 Å². The Kier molecular flexibility index (Phi) is 3.81. The predicted octanol–water partition coefficient (Wildman–Crippen LogP) is 3.01. The molecule has 0 radical (unpaired) electrons. The van der Waals surface area contributed by atoms with Crippen molar-refractivity contribution in [2.75, 3.05) is 0 Å². The third kappa shape index (κ3) is 2.76. The van der Waals surface area contributed by atoms with Gasteiger partial charge in [0.1, 0.15) is 0 Å². The van der Waals surface area contributed by atoms with E-state index in [0.29, 0.717) is 11.8 Å². The van der Waals surface area contributed by atoms with Crippen molar-refractivity contribution in [3.05, 3.63) is 36.1 Å². The molecule has 1 aliphatic carbocycles. The minimum absolute atomic E-state index is 0.507. The van der Waals surface area contributed by atoms with Crippen molar-refractivity contribution in [1.82, 2.24) is 0 Å². The fourth-order valence-electron chi connectivity index (χ4n) is 1.67. The first kappa shape index (κ1) is 10.1. The van der Waals surface area contributed by atoms with Crippen LogP contribution in [0.1, 0.15) is 26.7 Å². The van der Waals surface area contributed by atoms with Crippen LogP contribution in [0, 0.1) is 11.8 Å². The lowest BCUT2D eigenvalue weighted by molar-refractivity contribution is 0.481. The van der Waals surface area contributed by atoms with Crippen LogP contribution in [-0.4, -0.2) is 0 Å². The quantitative estimate of drug-likeness (QED) is 0.659. The summed E-state index contributed by atoms with van der Waals surface area (Å²) in [5, 5.41) is 0. The second-order valence-electron chi connectivity index (χ2n) is 3.63. The van der Waals surface area contributed by atoms with Crippen LogP contribution >= 0.6 is 0 Å². The van der Waals surface area contributed by atoms with Crippen molar-refractivity contribution in [2.24, 2.45) is 17.6 Å². The van der Waals surface area contributed by atoms with E-state index in [1.165, 1.54) is 0 Å². The van der Waals surface area contributed by atoms with Crippen LogP contribution in [-0.2, 0) is 0 Å². The number of nitrogens with two attached hydrogens (primary N) is 1. The Morgan fingerprint density at radius 3 is 3.08 bits per heavy atom. The van der Waals surface area contributed by atoms with Crippen molar-refractivity contribution < 1.29 is 0 Å². The van der Waals surface area contributed by atoms with Gasteiger partial charge in [-0.25, -0.2) is 0 Å². The van der Waals surface area contributed by atoms with Gasteiger partial charge in [-0.05, 0) is 24.8 Å². The van der Waals surface area contributed by atoms with Crippen molar-refractivity contribution in [1.29, 1.82) is 0 Å². The first-order valence-corrected chi connectivity index (χ1v) is 5.04. The lowest BCUT2D eigenvalue weighted by Gasteiger charge is -2.22. The smallest absolute Gasteiger partial charge is 0.0121 e. The maximum absolute atomic E-state index is 5.93. The number of hydrogen-bond acceptors (Lipinski definition) is 1. The average molecular weight is 177 g/mol. The van der Waals surface area contributed by atoms with E-state index in [9.17, 15) is 0 Å². The standard InChI is InChI=1S/C12H19N/c1-3-4-7-10(2)11-8-5-6-9-12(11)13/h4-7,9-11H,3,8,13H2,1-2H3. The molecule has 0 heterocycles. The van der Waals surface area contributed by atoms with E-state index in [1.807, 2.05) is 12.2 Å². The Balaban J connectivity index is 2.57. The number of hydrogen-bond donors (Lipinski definition) is 1. The molecule has 0 amide bonds. The molecule has 0 aromatic heterocycles. The van der Waals surface area contributed by atoms with Gasteiger partial charge in [0.2, 0.25) is 0 Å². The van der Waals surface area contributed by atoms with Crippen LogP contribution in [0.3, 0.4) is 0 Å². The molecule has 2 atom stereocenters. The molecule has 72 valence electrons. The molecule has 2 N–H and O–H groups in total. The highest BCUT2D eigenvalue weighted by Gasteiger charge is 2.17. The molecular weight excluding hydrogens is 158 g/mol. The Hall–Kier alpha value is -0.980. The van der Waals surface area contributed by atoms with Crippen molar-refractivity contribution >= 4 is 0 Å². The van der Waals surface area contributed by atoms with Crippen molar-refractivity contribution in [3.63, 3.8) is 0 Å². The minimum Gasteiger partial charge on any atom is -0.402 e. The zero-order valence-electron chi connectivity index (χ0n) is 8.53. The molecule has 0 bridgehead atoms. The van der Waals surface area contributed by atoms with E-state index in [4.69, 9.17) is 5.73 Å². The Labute approximate surface area is 81.0 Å². The van der Waals surface area contributed by atoms with Gasteiger partial charge in [0.05, 0.1) is 0 Å². The predicted molar refractivity (Wildman–Crippen MR) is 58.1 cm³/mol. The maximum Gasteiger partial charge on any atom is 0.0121 e. The third-order valence-corrected chi connectivity index (χ3v) is 2.55. The van der Waals surface area contributed by atoms with E-state index >= 15 is 0 Å². The van der Waals surface area contributed by atoms with Crippen molar-refractivity contribution in [3.8, 4) is 0 Å². The number of allylic oxidation sites excluding steroid dienone is 6.